The Labute approximate surface area is 171 Å². The van der Waals surface area contributed by atoms with Crippen molar-refractivity contribution < 1.29 is 23.9 Å². The lowest BCUT2D eigenvalue weighted by Crippen LogP contribution is -2.31. The summed E-state index contributed by atoms with van der Waals surface area (Å²) in [6.07, 6.45) is 1.25. The predicted molar refractivity (Wildman–Crippen MR) is 106 cm³/mol. The summed E-state index contributed by atoms with van der Waals surface area (Å²) in [6.45, 7) is 0.383. The van der Waals surface area contributed by atoms with Gasteiger partial charge in [0.05, 0.1) is 24.8 Å². The van der Waals surface area contributed by atoms with Crippen LogP contribution in [0.1, 0.15) is 39.1 Å². The van der Waals surface area contributed by atoms with Gasteiger partial charge in [-0.2, -0.15) is 0 Å². The number of methoxy groups -OCH3 is 1. The van der Waals surface area contributed by atoms with E-state index in [1.807, 2.05) is 24.3 Å². The average Bonchev–Trinajstić information content (AvgIpc) is 2.94. The van der Waals surface area contributed by atoms with E-state index in [9.17, 15) is 14.4 Å². The van der Waals surface area contributed by atoms with Crippen molar-refractivity contribution in [3.05, 3.63) is 63.6 Å². The number of nitrogens with zero attached hydrogens (tertiary/aromatic N) is 1. The van der Waals surface area contributed by atoms with Gasteiger partial charge in [0.2, 0.25) is 0 Å². The van der Waals surface area contributed by atoms with Crippen molar-refractivity contribution in [1.82, 2.24) is 4.90 Å². The lowest BCUT2D eigenvalue weighted by atomic mass is 10.1. The molecule has 146 valence electrons. The van der Waals surface area contributed by atoms with E-state index in [1.165, 1.54) is 4.90 Å². The van der Waals surface area contributed by atoms with Gasteiger partial charge in [-0.15, -0.1) is 0 Å². The number of benzene rings is 2. The Morgan fingerprint density at radius 2 is 1.75 bits per heavy atom. The van der Waals surface area contributed by atoms with Crippen molar-refractivity contribution in [3.8, 4) is 5.75 Å². The highest BCUT2D eigenvalue weighted by Gasteiger charge is 2.35. The molecule has 0 saturated heterocycles. The minimum Gasteiger partial charge on any atom is -0.497 e. The fourth-order valence-electron chi connectivity index (χ4n) is 2.99. The van der Waals surface area contributed by atoms with Gasteiger partial charge in [-0.1, -0.05) is 28.1 Å². The van der Waals surface area contributed by atoms with Gasteiger partial charge in [0, 0.05) is 17.4 Å². The molecule has 28 heavy (non-hydrogen) atoms. The third-order valence-corrected chi connectivity index (χ3v) is 4.99. The molecule has 0 unspecified atom stereocenters. The minimum atomic E-state index is -0.313. The smallest absolute Gasteiger partial charge is 0.306 e. The lowest BCUT2D eigenvalue weighted by Gasteiger charge is -2.13. The first kappa shape index (κ1) is 20.1. The minimum absolute atomic E-state index is 0.165. The van der Waals surface area contributed by atoms with Crippen LogP contribution in [0.4, 0.5) is 0 Å². The molecule has 6 nitrogen and oxygen atoms in total. The van der Waals surface area contributed by atoms with E-state index >= 15 is 0 Å². The van der Waals surface area contributed by atoms with Crippen LogP contribution in [0.25, 0.3) is 0 Å². The number of aryl methyl sites for hydroxylation is 1. The number of fused-ring (bicyclic) bond motifs is 1. The molecule has 1 heterocycles. The van der Waals surface area contributed by atoms with Crippen LogP contribution in [0.2, 0.25) is 0 Å². The second-order valence-corrected chi connectivity index (χ2v) is 7.29. The van der Waals surface area contributed by atoms with Crippen LogP contribution in [0.15, 0.2) is 46.9 Å². The molecule has 0 aromatic heterocycles. The first-order valence-corrected chi connectivity index (χ1v) is 9.73. The summed E-state index contributed by atoms with van der Waals surface area (Å²) in [7, 11) is 1.60. The maximum absolute atomic E-state index is 12.4. The highest BCUT2D eigenvalue weighted by atomic mass is 79.9. The number of carbonyl (C=O) groups is 3. The maximum atomic E-state index is 12.4. The number of rotatable bonds is 8. The quantitative estimate of drug-likeness (QED) is 0.352. The monoisotopic (exact) mass is 445 g/mol. The average molecular weight is 446 g/mol. The van der Waals surface area contributed by atoms with Gasteiger partial charge in [0.25, 0.3) is 11.8 Å². The molecule has 0 saturated carbocycles. The van der Waals surface area contributed by atoms with Crippen molar-refractivity contribution >= 4 is 33.7 Å². The van der Waals surface area contributed by atoms with Crippen molar-refractivity contribution in [2.75, 3.05) is 20.3 Å². The van der Waals surface area contributed by atoms with Crippen molar-refractivity contribution in [1.29, 1.82) is 0 Å². The van der Waals surface area contributed by atoms with Crippen molar-refractivity contribution in [2.45, 2.75) is 19.3 Å². The Hall–Kier alpha value is -2.67. The fraction of sp³-hybridized carbons (Fsp3) is 0.286. The van der Waals surface area contributed by atoms with Crippen LogP contribution >= 0.6 is 15.9 Å². The van der Waals surface area contributed by atoms with Crippen LogP contribution in [0.5, 0.6) is 5.75 Å². The molecule has 1 aliphatic rings. The largest absolute Gasteiger partial charge is 0.497 e. The Morgan fingerprint density at radius 1 is 1.04 bits per heavy atom. The van der Waals surface area contributed by atoms with Crippen LogP contribution in [-0.4, -0.2) is 42.9 Å². The second-order valence-electron chi connectivity index (χ2n) is 6.37. The van der Waals surface area contributed by atoms with Gasteiger partial charge in [-0.05, 0) is 48.7 Å². The number of ether oxygens (including phenoxy) is 2. The molecule has 7 heteroatoms. The van der Waals surface area contributed by atoms with Crippen LogP contribution in [-0.2, 0) is 16.0 Å². The SMILES string of the molecule is COc1ccc(CCC(=O)OCCCN2C(=O)c3ccc(Br)cc3C2=O)cc1. The molecule has 0 N–H and O–H groups in total. The highest BCUT2D eigenvalue weighted by molar-refractivity contribution is 9.10. The zero-order valence-electron chi connectivity index (χ0n) is 15.4. The predicted octanol–water partition coefficient (Wildman–Crippen LogP) is 3.62. The summed E-state index contributed by atoms with van der Waals surface area (Å²) in [6, 6.07) is 12.5. The standard InChI is InChI=1S/C21H20BrNO5/c1-27-16-7-3-14(4-8-16)5-10-19(24)28-12-2-11-23-20(25)17-9-6-15(22)13-18(17)21(23)26/h3-4,6-9,13H,2,5,10-12H2,1H3. The van der Waals surface area contributed by atoms with Gasteiger partial charge >= 0.3 is 5.97 Å². The molecule has 2 aromatic carbocycles. The third kappa shape index (κ3) is 4.59. The molecule has 3 rings (SSSR count). The van der Waals surface area contributed by atoms with Crippen LogP contribution in [0, 0.1) is 0 Å². The molecule has 0 fully saturated rings. The van der Waals surface area contributed by atoms with E-state index in [0.717, 1.165) is 15.8 Å². The molecule has 0 bridgehead atoms. The molecular weight excluding hydrogens is 426 g/mol. The normalized spacial score (nSPS) is 12.9. The second kappa shape index (κ2) is 9.01. The van der Waals surface area contributed by atoms with E-state index in [-0.39, 0.29) is 37.4 Å². The number of halogens is 1. The highest BCUT2D eigenvalue weighted by Crippen LogP contribution is 2.26. The van der Waals surface area contributed by atoms with Crippen molar-refractivity contribution in [3.63, 3.8) is 0 Å². The molecule has 2 amide bonds. The molecule has 0 atom stereocenters. The summed E-state index contributed by atoms with van der Waals surface area (Å²) >= 11 is 3.30. The fourth-order valence-corrected chi connectivity index (χ4v) is 3.35. The molecule has 0 spiro atoms. The van der Waals surface area contributed by atoms with Gasteiger partial charge in [-0.3, -0.25) is 19.3 Å². The molecule has 0 radical (unpaired) electrons. The Balaban J connectivity index is 1.40. The topological polar surface area (TPSA) is 72.9 Å². The Morgan fingerprint density at radius 3 is 2.46 bits per heavy atom. The summed E-state index contributed by atoms with van der Waals surface area (Å²) in [5.41, 5.74) is 1.83. The zero-order valence-corrected chi connectivity index (χ0v) is 17.0. The van der Waals surface area contributed by atoms with Gasteiger partial charge < -0.3 is 9.47 Å². The van der Waals surface area contributed by atoms with E-state index in [4.69, 9.17) is 9.47 Å². The summed E-state index contributed by atoms with van der Waals surface area (Å²) in [4.78, 5) is 37.8. The van der Waals surface area contributed by atoms with Crippen LogP contribution in [0.3, 0.4) is 0 Å². The molecular formula is C21H20BrNO5. The summed E-state index contributed by atoms with van der Waals surface area (Å²) in [5.74, 6) is -0.153. The van der Waals surface area contributed by atoms with Crippen molar-refractivity contribution in [2.24, 2.45) is 0 Å². The first-order chi connectivity index (χ1) is 13.5. The number of carbonyl (C=O) groups excluding carboxylic acids is 3. The Bertz CT molecular complexity index is 894. The summed E-state index contributed by atoms with van der Waals surface area (Å²) in [5, 5.41) is 0. The number of amides is 2. The first-order valence-electron chi connectivity index (χ1n) is 8.94. The zero-order chi connectivity index (χ0) is 20.1. The Kier molecular flexibility index (Phi) is 6.46. The number of hydrogen-bond donors (Lipinski definition) is 0. The van der Waals surface area contributed by atoms with Gasteiger partial charge in [0.1, 0.15) is 5.75 Å². The van der Waals surface area contributed by atoms with Gasteiger partial charge in [-0.25, -0.2) is 0 Å². The number of imide groups is 1. The van der Waals surface area contributed by atoms with E-state index in [0.29, 0.717) is 24.0 Å². The van der Waals surface area contributed by atoms with E-state index in [2.05, 4.69) is 15.9 Å². The number of esters is 1. The van der Waals surface area contributed by atoms with Gasteiger partial charge in [0.15, 0.2) is 0 Å². The third-order valence-electron chi connectivity index (χ3n) is 4.50. The lowest BCUT2D eigenvalue weighted by molar-refractivity contribution is -0.143. The van der Waals surface area contributed by atoms with E-state index < -0.39 is 0 Å². The van der Waals surface area contributed by atoms with E-state index in [1.54, 1.807) is 25.3 Å². The molecule has 2 aromatic rings. The maximum Gasteiger partial charge on any atom is 0.306 e. The molecule has 1 aliphatic heterocycles. The summed E-state index contributed by atoms with van der Waals surface area (Å²) < 4.78 is 11.1. The number of hydrogen-bond acceptors (Lipinski definition) is 5. The molecule has 0 aliphatic carbocycles. The van der Waals surface area contributed by atoms with Crippen LogP contribution < -0.4 is 4.74 Å².